The number of rotatable bonds is 4. The lowest BCUT2D eigenvalue weighted by Crippen LogP contribution is -2.32. The number of piperidine rings is 1. The highest BCUT2D eigenvalue weighted by Gasteiger charge is 2.28. The first-order chi connectivity index (χ1) is 15.1. The molecule has 5 rings (SSSR count). The van der Waals surface area contributed by atoms with Crippen molar-refractivity contribution in [3.8, 4) is 5.75 Å². The van der Waals surface area contributed by atoms with Crippen molar-refractivity contribution in [2.24, 2.45) is 0 Å². The molecule has 0 saturated carbocycles. The first kappa shape index (κ1) is 20.1. The lowest BCUT2D eigenvalue weighted by molar-refractivity contribution is 0.0929. The highest BCUT2D eigenvalue weighted by Crippen LogP contribution is 2.42. The molecule has 1 atom stereocenters. The third kappa shape index (κ3) is 3.71. The molecule has 0 bridgehead atoms. The summed E-state index contributed by atoms with van der Waals surface area (Å²) in [5, 5.41) is 3.27. The minimum Gasteiger partial charge on any atom is -0.493 e. The van der Waals surface area contributed by atoms with Crippen molar-refractivity contribution in [1.82, 2.24) is 10.3 Å². The average molecular weight is 437 g/mol. The zero-order valence-electron chi connectivity index (χ0n) is 18.1. The van der Waals surface area contributed by atoms with E-state index in [1.165, 1.54) is 24.9 Å². The van der Waals surface area contributed by atoms with Crippen molar-refractivity contribution < 1.29 is 9.53 Å². The fourth-order valence-electron chi connectivity index (χ4n) is 4.63. The van der Waals surface area contributed by atoms with Crippen molar-refractivity contribution >= 4 is 38.8 Å². The Balaban J connectivity index is 1.52. The van der Waals surface area contributed by atoms with Gasteiger partial charge in [-0.15, -0.1) is 11.3 Å². The van der Waals surface area contributed by atoms with Gasteiger partial charge in [-0.25, -0.2) is 0 Å². The fraction of sp³-hybridized carbons (Fsp3) is 0.417. The van der Waals surface area contributed by atoms with Crippen LogP contribution in [0.1, 0.15) is 47.0 Å². The lowest BCUT2D eigenvalue weighted by Gasteiger charge is -2.29. The lowest BCUT2D eigenvalue weighted by atomic mass is 10.0. The van der Waals surface area contributed by atoms with Gasteiger partial charge >= 0.3 is 0 Å². The Morgan fingerprint density at radius 3 is 2.81 bits per heavy atom. The molecule has 4 heterocycles. The molecule has 1 aromatic carbocycles. The van der Waals surface area contributed by atoms with Gasteiger partial charge < -0.3 is 19.9 Å². The van der Waals surface area contributed by atoms with Gasteiger partial charge in [0.25, 0.3) is 5.91 Å². The van der Waals surface area contributed by atoms with Crippen LogP contribution in [0.2, 0.25) is 0 Å². The number of amides is 1. The second-order valence-corrected chi connectivity index (χ2v) is 9.45. The summed E-state index contributed by atoms with van der Waals surface area (Å²) in [6.07, 6.45) is 6.36. The molecule has 1 amide bonds. The molecule has 0 radical (unpaired) electrons. The summed E-state index contributed by atoms with van der Waals surface area (Å²) in [5.41, 5.74) is 4.06. The number of hydrogen-bond acceptors (Lipinski definition) is 6. The van der Waals surface area contributed by atoms with Crippen molar-refractivity contribution in [2.45, 2.75) is 31.7 Å². The van der Waals surface area contributed by atoms with Crippen molar-refractivity contribution in [3.63, 3.8) is 0 Å². The van der Waals surface area contributed by atoms with E-state index in [1.807, 2.05) is 49.5 Å². The summed E-state index contributed by atoms with van der Waals surface area (Å²) >= 11 is 1.56. The summed E-state index contributed by atoms with van der Waals surface area (Å²) in [6.45, 7) is 2.74. The van der Waals surface area contributed by atoms with Crippen LogP contribution in [0.5, 0.6) is 5.75 Å². The number of carbonyl (C=O) groups is 1. The maximum Gasteiger partial charge on any atom is 0.264 e. The average Bonchev–Trinajstić information content (AvgIpc) is 3.20. The molecule has 2 aromatic heterocycles. The zero-order valence-corrected chi connectivity index (χ0v) is 18.9. The van der Waals surface area contributed by atoms with Gasteiger partial charge in [-0.2, -0.15) is 0 Å². The van der Waals surface area contributed by atoms with Crippen LogP contribution in [0.15, 0.2) is 36.5 Å². The highest BCUT2D eigenvalue weighted by atomic mass is 32.1. The van der Waals surface area contributed by atoms with E-state index in [0.29, 0.717) is 6.61 Å². The SMILES string of the molecule is CN(C)c1c(C(=O)N[C@H]2CCOc3ccccc32)sc2c(N3CCCCC3)ccnc12. The van der Waals surface area contributed by atoms with Crippen LogP contribution in [0.4, 0.5) is 11.4 Å². The molecule has 1 saturated heterocycles. The van der Waals surface area contributed by atoms with Crippen LogP contribution in [0.3, 0.4) is 0 Å². The first-order valence-corrected chi connectivity index (χ1v) is 11.8. The maximum absolute atomic E-state index is 13.5. The minimum absolute atomic E-state index is 0.0435. The van der Waals surface area contributed by atoms with Crippen LogP contribution < -0.4 is 19.9 Å². The second kappa shape index (κ2) is 8.38. The van der Waals surface area contributed by atoms with E-state index in [1.54, 1.807) is 11.3 Å². The van der Waals surface area contributed by atoms with Crippen LogP contribution in [-0.2, 0) is 0 Å². The number of carbonyl (C=O) groups excluding carboxylic acids is 1. The molecular formula is C24H28N4O2S. The van der Waals surface area contributed by atoms with Gasteiger partial charge in [0.2, 0.25) is 0 Å². The van der Waals surface area contributed by atoms with Crippen molar-refractivity contribution in [2.75, 3.05) is 43.6 Å². The third-order valence-corrected chi connectivity index (χ3v) is 7.33. The van der Waals surface area contributed by atoms with Gasteiger partial charge in [0.1, 0.15) is 16.1 Å². The number of benzene rings is 1. The Bertz CT molecular complexity index is 1100. The number of nitrogens with one attached hydrogen (secondary N) is 1. The normalized spacial score (nSPS) is 18.4. The zero-order chi connectivity index (χ0) is 21.4. The highest BCUT2D eigenvalue weighted by molar-refractivity contribution is 7.22. The number of anilines is 2. The van der Waals surface area contributed by atoms with E-state index in [-0.39, 0.29) is 11.9 Å². The Hall–Kier alpha value is -2.80. The quantitative estimate of drug-likeness (QED) is 0.647. The number of hydrogen-bond donors (Lipinski definition) is 1. The topological polar surface area (TPSA) is 57.7 Å². The predicted octanol–water partition coefficient (Wildman–Crippen LogP) is 4.61. The van der Waals surface area contributed by atoms with E-state index >= 15 is 0 Å². The maximum atomic E-state index is 13.5. The number of ether oxygens (including phenoxy) is 1. The Morgan fingerprint density at radius 1 is 1.19 bits per heavy atom. The van der Waals surface area contributed by atoms with Crippen LogP contribution in [0, 0.1) is 0 Å². The van der Waals surface area contributed by atoms with Crippen molar-refractivity contribution in [1.29, 1.82) is 0 Å². The Labute approximate surface area is 186 Å². The van der Waals surface area contributed by atoms with Gasteiger partial charge in [0.05, 0.1) is 28.7 Å². The number of para-hydroxylation sites is 1. The standard InChI is InChI=1S/C24H28N4O2S/c1-27(2)21-20-22(18(10-12-25-20)28-13-6-3-7-14-28)31-23(21)24(29)26-17-11-15-30-19-9-5-4-8-16(17)19/h4-5,8-10,12,17H,3,6-7,11,13-15H2,1-2H3,(H,26,29)/t17-/m0/s1. The molecular weight excluding hydrogens is 408 g/mol. The molecule has 7 heteroatoms. The molecule has 0 aliphatic carbocycles. The van der Waals surface area contributed by atoms with Gasteiger partial charge in [-0.05, 0) is 31.4 Å². The van der Waals surface area contributed by atoms with E-state index in [4.69, 9.17) is 4.74 Å². The second-order valence-electron chi connectivity index (χ2n) is 8.43. The number of fused-ring (bicyclic) bond motifs is 2. The minimum atomic E-state index is -0.0489. The Morgan fingerprint density at radius 2 is 2.00 bits per heavy atom. The molecule has 162 valence electrons. The van der Waals surface area contributed by atoms with Gasteiger partial charge in [-0.1, -0.05) is 18.2 Å². The number of thiophene rings is 1. The summed E-state index contributed by atoms with van der Waals surface area (Å²) < 4.78 is 6.86. The molecule has 1 fully saturated rings. The summed E-state index contributed by atoms with van der Waals surface area (Å²) in [4.78, 5) is 23.4. The molecule has 1 N–H and O–H groups in total. The Kier molecular flexibility index (Phi) is 5.44. The van der Waals surface area contributed by atoms with Crippen LogP contribution in [-0.4, -0.2) is 44.7 Å². The largest absolute Gasteiger partial charge is 0.493 e. The number of aromatic nitrogens is 1. The van der Waals surface area contributed by atoms with Gasteiger partial charge in [0.15, 0.2) is 0 Å². The summed E-state index contributed by atoms with van der Waals surface area (Å²) in [6, 6.07) is 10.0. The van der Waals surface area contributed by atoms with E-state index in [2.05, 4.69) is 21.3 Å². The molecule has 6 nitrogen and oxygen atoms in total. The number of pyridine rings is 1. The van der Waals surface area contributed by atoms with E-state index in [0.717, 1.165) is 51.6 Å². The molecule has 0 spiro atoms. The van der Waals surface area contributed by atoms with E-state index in [9.17, 15) is 4.79 Å². The van der Waals surface area contributed by atoms with E-state index < -0.39 is 0 Å². The number of nitrogens with zero attached hydrogens (tertiary/aromatic N) is 3. The van der Waals surface area contributed by atoms with Crippen molar-refractivity contribution in [3.05, 3.63) is 47.0 Å². The molecule has 2 aliphatic heterocycles. The first-order valence-electron chi connectivity index (χ1n) is 11.0. The molecule has 0 unspecified atom stereocenters. The van der Waals surface area contributed by atoms with Gasteiger partial charge in [0, 0.05) is 45.4 Å². The summed E-state index contributed by atoms with van der Waals surface area (Å²) in [7, 11) is 3.97. The monoisotopic (exact) mass is 436 g/mol. The fourth-order valence-corrected chi connectivity index (χ4v) is 5.91. The summed E-state index contributed by atoms with van der Waals surface area (Å²) in [5.74, 6) is 0.815. The van der Waals surface area contributed by atoms with Crippen LogP contribution >= 0.6 is 11.3 Å². The molecule has 3 aromatic rings. The van der Waals surface area contributed by atoms with Crippen LogP contribution in [0.25, 0.3) is 10.2 Å². The third-order valence-electron chi connectivity index (χ3n) is 6.14. The predicted molar refractivity (Wildman–Crippen MR) is 127 cm³/mol. The molecule has 31 heavy (non-hydrogen) atoms. The van der Waals surface area contributed by atoms with Gasteiger partial charge in [-0.3, -0.25) is 9.78 Å². The molecule has 2 aliphatic rings. The smallest absolute Gasteiger partial charge is 0.264 e.